The predicted molar refractivity (Wildman–Crippen MR) is 147 cm³/mol. The highest BCUT2D eigenvalue weighted by Gasteiger charge is 2.36. The largest absolute Gasteiger partial charge is 0.481 e. The number of H-pyrrole nitrogens is 1. The van der Waals surface area contributed by atoms with Crippen molar-refractivity contribution >= 4 is 52.4 Å². The first-order chi connectivity index (χ1) is 19.8. The number of carboxylic acid groups (broad SMARTS) is 2. The molecule has 0 spiro atoms. The van der Waals surface area contributed by atoms with Crippen LogP contribution in [0, 0.1) is 5.92 Å². The number of nitrogens with one attached hydrogen (secondary N) is 6. The highest BCUT2D eigenvalue weighted by molar-refractivity contribution is 5.99. The van der Waals surface area contributed by atoms with E-state index < -0.39 is 90.4 Å². The molecule has 1 aliphatic heterocycles. The van der Waals surface area contributed by atoms with Gasteiger partial charge in [0.15, 0.2) is 0 Å². The third kappa shape index (κ3) is 8.05. The molecule has 1 saturated heterocycles. The van der Waals surface area contributed by atoms with E-state index in [-0.39, 0.29) is 6.42 Å². The summed E-state index contributed by atoms with van der Waals surface area (Å²) < 4.78 is 0. The van der Waals surface area contributed by atoms with Crippen molar-refractivity contribution in [3.63, 3.8) is 0 Å². The van der Waals surface area contributed by atoms with Crippen LogP contribution >= 0.6 is 0 Å². The molecule has 0 bridgehead atoms. The second-order valence-corrected chi connectivity index (χ2v) is 10.4. The second-order valence-electron chi connectivity index (χ2n) is 10.4. The Morgan fingerprint density at radius 3 is 1.83 bits per heavy atom. The Morgan fingerprint density at radius 1 is 0.738 bits per heavy atom. The maximum absolute atomic E-state index is 13.5. The fraction of sp³-hybridized carbons (Fsp3) is 0.444. The molecule has 0 unspecified atom stereocenters. The Balaban J connectivity index is 2.03. The van der Waals surface area contributed by atoms with Gasteiger partial charge in [0.1, 0.15) is 30.2 Å². The van der Waals surface area contributed by atoms with E-state index in [0.717, 1.165) is 10.9 Å². The van der Waals surface area contributed by atoms with E-state index in [1.807, 2.05) is 12.1 Å². The molecule has 5 atom stereocenters. The number of carbonyl (C=O) groups is 7. The molecule has 0 radical (unpaired) electrons. The van der Waals surface area contributed by atoms with Crippen molar-refractivity contribution in [2.24, 2.45) is 5.92 Å². The molecule has 42 heavy (non-hydrogen) atoms. The molecule has 5 amide bonds. The zero-order valence-corrected chi connectivity index (χ0v) is 23.2. The molecule has 0 aliphatic carbocycles. The lowest BCUT2D eigenvalue weighted by Crippen LogP contribution is -2.59. The highest BCUT2D eigenvalue weighted by Crippen LogP contribution is 2.19. The van der Waals surface area contributed by atoms with Crippen LogP contribution < -0.4 is 26.6 Å². The topological polar surface area (TPSA) is 236 Å². The number of amides is 5. The van der Waals surface area contributed by atoms with Crippen molar-refractivity contribution in [2.75, 3.05) is 0 Å². The Labute approximate surface area is 240 Å². The summed E-state index contributed by atoms with van der Waals surface area (Å²) in [4.78, 5) is 91.9. The Bertz CT molecular complexity index is 1390. The normalized spacial score (nSPS) is 24.5. The van der Waals surface area contributed by atoms with Crippen molar-refractivity contribution in [2.45, 2.75) is 70.2 Å². The van der Waals surface area contributed by atoms with Gasteiger partial charge in [-0.1, -0.05) is 32.0 Å². The number of para-hydroxylation sites is 1. The molecule has 1 fully saturated rings. The van der Waals surface area contributed by atoms with Gasteiger partial charge in [-0.25, -0.2) is 0 Å². The first-order valence-corrected chi connectivity index (χ1v) is 13.3. The van der Waals surface area contributed by atoms with E-state index in [1.165, 1.54) is 6.92 Å². The summed E-state index contributed by atoms with van der Waals surface area (Å²) in [6.45, 7) is 4.59. The summed E-state index contributed by atoms with van der Waals surface area (Å²) in [5, 5.41) is 31.5. The van der Waals surface area contributed by atoms with Crippen LogP contribution in [0.1, 0.15) is 39.2 Å². The SMILES string of the molecule is CC(C)[C@@H]1NC(=O)[C@@H](CC(=O)O)NC(=O)[C@H](CC(=O)O)NC(=O)[C@H](Cc2c[nH]c3ccccc23)NC(=O)[C@@H](C)NC1=O. The molecule has 1 aromatic heterocycles. The summed E-state index contributed by atoms with van der Waals surface area (Å²) >= 11 is 0. The molecule has 1 aliphatic rings. The lowest BCUT2D eigenvalue weighted by atomic mass is 10.0. The van der Waals surface area contributed by atoms with E-state index in [2.05, 4.69) is 31.6 Å². The van der Waals surface area contributed by atoms with Crippen LogP contribution in [0.25, 0.3) is 10.9 Å². The predicted octanol–water partition coefficient (Wildman–Crippen LogP) is -1.23. The van der Waals surface area contributed by atoms with E-state index in [4.69, 9.17) is 0 Å². The molecule has 2 aromatic rings. The second kappa shape index (κ2) is 13.6. The van der Waals surface area contributed by atoms with Crippen LogP contribution in [-0.4, -0.2) is 86.9 Å². The average Bonchev–Trinajstić information content (AvgIpc) is 3.31. The van der Waals surface area contributed by atoms with Gasteiger partial charge in [-0.3, -0.25) is 33.6 Å². The van der Waals surface area contributed by atoms with Crippen LogP contribution in [0.3, 0.4) is 0 Å². The molecule has 15 heteroatoms. The number of aromatic amines is 1. The van der Waals surface area contributed by atoms with Gasteiger partial charge in [0.25, 0.3) is 0 Å². The van der Waals surface area contributed by atoms with Gasteiger partial charge in [-0.15, -0.1) is 0 Å². The number of aromatic nitrogens is 1. The van der Waals surface area contributed by atoms with Gasteiger partial charge < -0.3 is 41.8 Å². The zero-order chi connectivity index (χ0) is 31.1. The van der Waals surface area contributed by atoms with Gasteiger partial charge in [-0.05, 0) is 24.5 Å². The van der Waals surface area contributed by atoms with E-state index in [9.17, 15) is 43.8 Å². The number of benzene rings is 1. The molecule has 0 saturated carbocycles. The van der Waals surface area contributed by atoms with Crippen molar-refractivity contribution in [1.82, 2.24) is 31.6 Å². The minimum absolute atomic E-state index is 0.0695. The molecule has 15 nitrogen and oxygen atoms in total. The van der Waals surface area contributed by atoms with Gasteiger partial charge in [0.2, 0.25) is 29.5 Å². The summed E-state index contributed by atoms with van der Waals surface area (Å²) in [5.41, 5.74) is 1.40. The van der Waals surface area contributed by atoms with Crippen LogP contribution in [-0.2, 0) is 40.0 Å². The van der Waals surface area contributed by atoms with Crippen LogP contribution in [0.4, 0.5) is 0 Å². The fourth-order valence-electron chi connectivity index (χ4n) is 4.50. The van der Waals surface area contributed by atoms with Gasteiger partial charge in [0.05, 0.1) is 12.8 Å². The van der Waals surface area contributed by atoms with E-state index in [0.29, 0.717) is 5.56 Å². The third-order valence-electron chi connectivity index (χ3n) is 6.75. The molecule has 8 N–H and O–H groups in total. The van der Waals surface area contributed by atoms with Crippen LogP contribution in [0.5, 0.6) is 0 Å². The van der Waals surface area contributed by atoms with Gasteiger partial charge in [-0.2, -0.15) is 0 Å². The smallest absolute Gasteiger partial charge is 0.305 e. The van der Waals surface area contributed by atoms with E-state index in [1.54, 1.807) is 32.2 Å². The van der Waals surface area contributed by atoms with Gasteiger partial charge >= 0.3 is 11.9 Å². The monoisotopic (exact) mass is 586 g/mol. The average molecular weight is 587 g/mol. The molecule has 226 valence electrons. The lowest BCUT2D eigenvalue weighted by molar-refractivity contribution is -0.143. The molecule has 3 rings (SSSR count). The molecular formula is C27H34N6O9. The Hall–Kier alpha value is -4.95. The fourth-order valence-corrected chi connectivity index (χ4v) is 4.50. The molecule has 2 heterocycles. The first kappa shape index (κ1) is 31.6. The minimum Gasteiger partial charge on any atom is -0.481 e. The van der Waals surface area contributed by atoms with Crippen molar-refractivity contribution in [3.05, 3.63) is 36.0 Å². The maximum atomic E-state index is 13.5. The molecule has 1 aromatic carbocycles. The standard InChI is InChI=1S/C27H34N6O9/c1-12(2)22-27(42)29-13(3)23(38)30-17(8-14-11-28-16-7-5-4-6-15(14)16)24(39)31-18(9-20(34)35)25(40)32-19(10-21(36)37)26(41)33-22/h4-7,11-13,17-19,22,28H,8-10H2,1-3H3,(H,29,42)(H,30,38)(H,31,39)(H,32,40)(H,33,41)(H,34,35)(H,36,37)/t13-,17+,18+,19-,22+/m1/s1. The van der Waals surface area contributed by atoms with Crippen LogP contribution in [0.15, 0.2) is 30.5 Å². The zero-order valence-electron chi connectivity index (χ0n) is 23.2. The number of hydrogen-bond acceptors (Lipinski definition) is 7. The Morgan fingerprint density at radius 2 is 1.26 bits per heavy atom. The number of carboxylic acids is 2. The summed E-state index contributed by atoms with van der Waals surface area (Å²) in [7, 11) is 0. The van der Waals surface area contributed by atoms with Crippen molar-refractivity contribution < 1.29 is 43.8 Å². The van der Waals surface area contributed by atoms with E-state index >= 15 is 0 Å². The quantitative estimate of drug-likeness (QED) is 0.194. The number of carbonyl (C=O) groups excluding carboxylic acids is 5. The summed E-state index contributed by atoms with van der Waals surface area (Å²) in [5.74, 6) is -8.02. The summed E-state index contributed by atoms with van der Waals surface area (Å²) in [6, 6.07) is 0.0522. The minimum atomic E-state index is -1.73. The Kier molecular flexibility index (Phi) is 10.2. The number of hydrogen-bond donors (Lipinski definition) is 8. The van der Waals surface area contributed by atoms with Gasteiger partial charge in [0, 0.05) is 23.5 Å². The van der Waals surface area contributed by atoms with Crippen LogP contribution in [0.2, 0.25) is 0 Å². The summed E-state index contributed by atoms with van der Waals surface area (Å²) in [6.07, 6.45) is -0.220. The number of aliphatic carboxylic acids is 2. The maximum Gasteiger partial charge on any atom is 0.305 e. The first-order valence-electron chi connectivity index (χ1n) is 13.3. The number of rotatable bonds is 7. The third-order valence-corrected chi connectivity index (χ3v) is 6.75. The lowest BCUT2D eigenvalue weighted by Gasteiger charge is -2.26. The van der Waals surface area contributed by atoms with Crippen molar-refractivity contribution in [3.8, 4) is 0 Å². The van der Waals surface area contributed by atoms with Crippen molar-refractivity contribution in [1.29, 1.82) is 0 Å². The number of fused-ring (bicyclic) bond motifs is 1. The highest BCUT2D eigenvalue weighted by atomic mass is 16.4. The molecular weight excluding hydrogens is 552 g/mol.